The fourth-order valence-corrected chi connectivity index (χ4v) is 3.64. The number of carboxylic acid groups (broad SMARTS) is 1. The summed E-state index contributed by atoms with van der Waals surface area (Å²) in [5.41, 5.74) is 0. The smallest absolute Gasteiger partial charge is 0.306 e. The van der Waals surface area contributed by atoms with Gasteiger partial charge in [0.2, 0.25) is 5.91 Å². The van der Waals surface area contributed by atoms with Gasteiger partial charge in [-0.1, -0.05) is 13.8 Å². The fraction of sp³-hybridized carbons (Fsp3) is 0.875. The first-order valence-corrected chi connectivity index (χ1v) is 8.00. The van der Waals surface area contributed by atoms with Crippen molar-refractivity contribution in [2.24, 2.45) is 23.7 Å². The third kappa shape index (κ3) is 3.53. The minimum Gasteiger partial charge on any atom is -0.481 e. The molecule has 2 aliphatic rings. The van der Waals surface area contributed by atoms with Crippen LogP contribution in [0.2, 0.25) is 0 Å². The molecule has 1 amide bonds. The van der Waals surface area contributed by atoms with E-state index in [-0.39, 0.29) is 17.7 Å². The first kappa shape index (κ1) is 15.3. The Balaban J connectivity index is 1.80. The zero-order valence-electron chi connectivity index (χ0n) is 12.7. The van der Waals surface area contributed by atoms with Gasteiger partial charge in [0, 0.05) is 19.0 Å². The number of amides is 1. The Labute approximate surface area is 121 Å². The van der Waals surface area contributed by atoms with E-state index in [1.807, 2.05) is 4.90 Å². The third-order valence-electron chi connectivity index (χ3n) is 5.22. The summed E-state index contributed by atoms with van der Waals surface area (Å²) in [6.07, 6.45) is 5.59. The predicted molar refractivity (Wildman–Crippen MR) is 77.2 cm³/mol. The van der Waals surface area contributed by atoms with Gasteiger partial charge in [-0.15, -0.1) is 0 Å². The lowest BCUT2D eigenvalue weighted by molar-refractivity contribution is -0.147. The molecule has 4 heteroatoms. The minimum absolute atomic E-state index is 0.186. The number of hydrogen-bond donors (Lipinski definition) is 1. The second-order valence-electron chi connectivity index (χ2n) is 6.79. The van der Waals surface area contributed by atoms with Crippen LogP contribution in [0.4, 0.5) is 0 Å². The Hall–Kier alpha value is -1.06. The van der Waals surface area contributed by atoms with E-state index in [4.69, 9.17) is 5.11 Å². The van der Waals surface area contributed by atoms with Gasteiger partial charge in [-0.25, -0.2) is 0 Å². The molecule has 0 radical (unpaired) electrons. The highest BCUT2D eigenvalue weighted by Gasteiger charge is 2.33. The number of rotatable bonds is 3. The minimum atomic E-state index is -0.713. The molecule has 1 saturated heterocycles. The molecule has 0 aromatic carbocycles. The summed E-state index contributed by atoms with van der Waals surface area (Å²) in [7, 11) is 0. The summed E-state index contributed by atoms with van der Waals surface area (Å²) in [6.45, 7) is 5.78. The Morgan fingerprint density at radius 1 is 0.950 bits per heavy atom. The van der Waals surface area contributed by atoms with E-state index in [9.17, 15) is 9.59 Å². The number of hydrogen-bond acceptors (Lipinski definition) is 2. The Bertz CT molecular complexity index is 351. The number of carbonyl (C=O) groups excluding carboxylic acids is 1. The Kier molecular flexibility index (Phi) is 5.06. The van der Waals surface area contributed by atoms with Crippen LogP contribution in [-0.2, 0) is 9.59 Å². The van der Waals surface area contributed by atoms with E-state index in [0.29, 0.717) is 25.9 Å². The number of aliphatic carboxylic acids is 1. The second-order valence-corrected chi connectivity index (χ2v) is 6.79. The molecular formula is C16H27NO3. The maximum absolute atomic E-state index is 12.5. The van der Waals surface area contributed by atoms with Crippen molar-refractivity contribution in [3.8, 4) is 0 Å². The van der Waals surface area contributed by atoms with Crippen molar-refractivity contribution < 1.29 is 14.7 Å². The predicted octanol–water partition coefficient (Wildman–Crippen LogP) is 2.77. The molecule has 2 fully saturated rings. The normalized spacial score (nSPS) is 28.6. The van der Waals surface area contributed by atoms with E-state index >= 15 is 0 Å². The van der Waals surface area contributed by atoms with Gasteiger partial charge >= 0.3 is 5.97 Å². The molecule has 0 spiro atoms. The lowest BCUT2D eigenvalue weighted by atomic mass is 9.76. The van der Waals surface area contributed by atoms with Gasteiger partial charge in [-0.2, -0.15) is 0 Å². The van der Waals surface area contributed by atoms with Gasteiger partial charge < -0.3 is 10.0 Å². The summed E-state index contributed by atoms with van der Waals surface area (Å²) < 4.78 is 0. The van der Waals surface area contributed by atoms with Crippen LogP contribution >= 0.6 is 0 Å². The first-order valence-electron chi connectivity index (χ1n) is 8.00. The molecule has 0 aromatic rings. The third-order valence-corrected chi connectivity index (χ3v) is 5.22. The van der Waals surface area contributed by atoms with E-state index in [1.54, 1.807) is 0 Å². The van der Waals surface area contributed by atoms with Gasteiger partial charge in [0.1, 0.15) is 0 Å². The van der Waals surface area contributed by atoms with Crippen LogP contribution in [0.3, 0.4) is 0 Å². The standard InChI is InChI=1S/C16H27NO3/c1-11(2)12-3-5-13(6-4-12)15(18)17-9-7-14(8-10-17)16(19)20/h11-14H,3-10H2,1-2H3,(H,19,20). The van der Waals surface area contributed by atoms with Crippen LogP contribution in [0, 0.1) is 23.7 Å². The zero-order chi connectivity index (χ0) is 14.7. The van der Waals surface area contributed by atoms with E-state index in [1.165, 1.54) is 12.8 Å². The SMILES string of the molecule is CC(C)C1CCC(C(=O)N2CCC(C(=O)O)CC2)CC1. The molecule has 0 unspecified atom stereocenters. The van der Waals surface area contributed by atoms with Crippen molar-refractivity contribution in [3.63, 3.8) is 0 Å². The van der Waals surface area contributed by atoms with Gasteiger partial charge in [0.05, 0.1) is 5.92 Å². The van der Waals surface area contributed by atoms with E-state index in [0.717, 1.165) is 24.7 Å². The molecule has 0 aromatic heterocycles. The number of carbonyl (C=O) groups is 2. The molecule has 2 rings (SSSR count). The summed E-state index contributed by atoms with van der Waals surface area (Å²) in [6, 6.07) is 0. The molecule has 20 heavy (non-hydrogen) atoms. The van der Waals surface area contributed by atoms with Gasteiger partial charge in [0.15, 0.2) is 0 Å². The van der Waals surface area contributed by atoms with Gasteiger partial charge in [-0.3, -0.25) is 9.59 Å². The molecule has 1 aliphatic heterocycles. The average molecular weight is 281 g/mol. The highest BCUT2D eigenvalue weighted by atomic mass is 16.4. The van der Waals surface area contributed by atoms with Crippen LogP contribution in [0.5, 0.6) is 0 Å². The van der Waals surface area contributed by atoms with Gasteiger partial charge in [-0.05, 0) is 50.4 Å². The van der Waals surface area contributed by atoms with Crippen molar-refractivity contribution in [3.05, 3.63) is 0 Å². The van der Waals surface area contributed by atoms with Crippen LogP contribution < -0.4 is 0 Å². The lowest BCUT2D eigenvalue weighted by Gasteiger charge is -2.36. The van der Waals surface area contributed by atoms with E-state index < -0.39 is 5.97 Å². The fourth-order valence-electron chi connectivity index (χ4n) is 3.64. The molecular weight excluding hydrogens is 254 g/mol. The highest BCUT2D eigenvalue weighted by molar-refractivity contribution is 5.79. The Morgan fingerprint density at radius 3 is 1.95 bits per heavy atom. The van der Waals surface area contributed by atoms with Crippen molar-refractivity contribution >= 4 is 11.9 Å². The molecule has 0 atom stereocenters. The van der Waals surface area contributed by atoms with Crippen molar-refractivity contribution in [1.29, 1.82) is 0 Å². The monoisotopic (exact) mass is 281 g/mol. The number of carboxylic acids is 1. The summed E-state index contributed by atoms with van der Waals surface area (Å²) >= 11 is 0. The number of likely N-dealkylation sites (tertiary alicyclic amines) is 1. The maximum Gasteiger partial charge on any atom is 0.306 e. The van der Waals surface area contributed by atoms with Crippen LogP contribution in [0.1, 0.15) is 52.4 Å². The van der Waals surface area contributed by atoms with Crippen LogP contribution in [0.15, 0.2) is 0 Å². The quantitative estimate of drug-likeness (QED) is 0.865. The highest BCUT2D eigenvalue weighted by Crippen LogP contribution is 2.34. The second kappa shape index (κ2) is 6.59. The Morgan fingerprint density at radius 2 is 1.50 bits per heavy atom. The largest absolute Gasteiger partial charge is 0.481 e. The molecule has 4 nitrogen and oxygen atoms in total. The molecule has 0 bridgehead atoms. The van der Waals surface area contributed by atoms with Crippen molar-refractivity contribution in [2.45, 2.75) is 52.4 Å². The van der Waals surface area contributed by atoms with E-state index in [2.05, 4.69) is 13.8 Å². The summed E-state index contributed by atoms with van der Waals surface area (Å²) in [4.78, 5) is 25.3. The first-order chi connectivity index (χ1) is 9.49. The van der Waals surface area contributed by atoms with Crippen molar-refractivity contribution in [1.82, 2.24) is 4.90 Å². The maximum atomic E-state index is 12.5. The number of piperidine rings is 1. The molecule has 114 valence electrons. The molecule has 1 saturated carbocycles. The molecule has 1 aliphatic carbocycles. The summed E-state index contributed by atoms with van der Waals surface area (Å²) in [5, 5.41) is 8.99. The number of nitrogens with zero attached hydrogens (tertiary/aromatic N) is 1. The zero-order valence-corrected chi connectivity index (χ0v) is 12.7. The lowest BCUT2D eigenvalue weighted by Crippen LogP contribution is -2.44. The van der Waals surface area contributed by atoms with Crippen molar-refractivity contribution in [2.75, 3.05) is 13.1 Å². The summed E-state index contributed by atoms with van der Waals surface area (Å²) in [5.74, 6) is 0.988. The molecule has 1 heterocycles. The molecule has 1 N–H and O–H groups in total. The average Bonchev–Trinajstić information content (AvgIpc) is 2.46. The van der Waals surface area contributed by atoms with Crippen LogP contribution in [-0.4, -0.2) is 35.0 Å². The van der Waals surface area contributed by atoms with Crippen LogP contribution in [0.25, 0.3) is 0 Å². The topological polar surface area (TPSA) is 57.6 Å². The van der Waals surface area contributed by atoms with Gasteiger partial charge in [0.25, 0.3) is 0 Å².